The van der Waals surface area contributed by atoms with Gasteiger partial charge in [-0.15, -0.1) is 0 Å². The molecule has 0 rings (SSSR count). The maximum absolute atomic E-state index is 6.17. The van der Waals surface area contributed by atoms with E-state index >= 15 is 0 Å². The van der Waals surface area contributed by atoms with E-state index < -0.39 is 9.05 Å². The molecule has 0 aliphatic carbocycles. The van der Waals surface area contributed by atoms with Gasteiger partial charge in [0.25, 0.3) is 0 Å². The second-order valence-corrected chi connectivity index (χ2v) is 10.7. The maximum Gasteiger partial charge on any atom is 0.749 e. The quantitative estimate of drug-likeness (QED) is 0.0737. The van der Waals surface area contributed by atoms with Gasteiger partial charge in [0.15, 0.2) is 0 Å². The molecular weight excluding hydrogens is 404 g/mol. The molecule has 0 aliphatic rings. The SMILES string of the molecule is C=CO[Si](OCCCCCCCC)(OCCCCCCCC)OCCCCCCCC. The third-order valence-electron chi connectivity index (χ3n) is 5.56. The fourth-order valence-electron chi connectivity index (χ4n) is 3.57. The molecule has 0 N–H and O–H groups in total. The van der Waals surface area contributed by atoms with Gasteiger partial charge >= 0.3 is 9.05 Å². The van der Waals surface area contributed by atoms with Crippen LogP contribution in [0.2, 0.25) is 0 Å². The third-order valence-corrected chi connectivity index (χ3v) is 7.69. The molecule has 0 aromatic carbocycles. The van der Waals surface area contributed by atoms with Crippen molar-refractivity contribution in [3.63, 3.8) is 0 Å². The van der Waals surface area contributed by atoms with Crippen molar-refractivity contribution in [1.82, 2.24) is 0 Å². The summed E-state index contributed by atoms with van der Waals surface area (Å²) in [5.41, 5.74) is 0. The van der Waals surface area contributed by atoms with Gasteiger partial charge in [0.1, 0.15) is 0 Å². The lowest BCUT2D eigenvalue weighted by molar-refractivity contribution is -0.0149. The molecule has 0 radical (unpaired) electrons. The van der Waals surface area contributed by atoms with Crippen LogP contribution in [0.1, 0.15) is 136 Å². The first-order valence-corrected chi connectivity index (χ1v) is 15.1. The topological polar surface area (TPSA) is 36.9 Å². The summed E-state index contributed by atoms with van der Waals surface area (Å²) in [4.78, 5) is 0. The first-order valence-electron chi connectivity index (χ1n) is 13.4. The Morgan fingerprint density at radius 2 is 0.774 bits per heavy atom. The van der Waals surface area contributed by atoms with E-state index in [0.717, 1.165) is 19.3 Å². The lowest BCUT2D eigenvalue weighted by Gasteiger charge is -2.27. The van der Waals surface area contributed by atoms with E-state index in [1.807, 2.05) is 0 Å². The standard InChI is InChI=1S/C26H54O4Si/c1-5-9-12-15-18-21-24-28-31(27-8-4,29-25-22-19-16-13-10-6-2)30-26-23-20-17-14-11-7-3/h8H,4-7,9-26H2,1-3H3. The molecule has 0 heterocycles. The summed E-state index contributed by atoms with van der Waals surface area (Å²) in [6.45, 7) is 12.4. The van der Waals surface area contributed by atoms with Gasteiger partial charge in [-0.3, -0.25) is 0 Å². The predicted octanol–water partition coefficient (Wildman–Crippen LogP) is 8.71. The van der Waals surface area contributed by atoms with Gasteiger partial charge in [0, 0.05) is 19.8 Å². The summed E-state index contributed by atoms with van der Waals surface area (Å²) < 4.78 is 24.3. The zero-order valence-electron chi connectivity index (χ0n) is 21.3. The minimum atomic E-state index is -3.14. The second-order valence-electron chi connectivity index (χ2n) is 8.63. The molecule has 0 bridgehead atoms. The van der Waals surface area contributed by atoms with Crippen molar-refractivity contribution < 1.29 is 17.7 Å². The molecule has 0 aromatic rings. The summed E-state index contributed by atoms with van der Waals surface area (Å²) in [5.74, 6) is 0. The first-order chi connectivity index (χ1) is 15.2. The Balaban J connectivity index is 4.40. The van der Waals surface area contributed by atoms with Gasteiger partial charge in [-0.2, -0.15) is 0 Å². The zero-order valence-corrected chi connectivity index (χ0v) is 22.3. The van der Waals surface area contributed by atoms with E-state index in [1.54, 1.807) is 0 Å². The largest absolute Gasteiger partial charge is 0.749 e. The van der Waals surface area contributed by atoms with Crippen LogP contribution < -0.4 is 0 Å². The molecule has 0 saturated heterocycles. The lowest BCUT2D eigenvalue weighted by Crippen LogP contribution is -2.48. The van der Waals surface area contributed by atoms with E-state index in [0.29, 0.717) is 19.8 Å². The van der Waals surface area contributed by atoms with Crippen LogP contribution in [0.4, 0.5) is 0 Å². The van der Waals surface area contributed by atoms with Crippen molar-refractivity contribution in [3.05, 3.63) is 12.8 Å². The molecule has 0 atom stereocenters. The average molecular weight is 459 g/mol. The molecule has 4 nitrogen and oxygen atoms in total. The average Bonchev–Trinajstić information content (AvgIpc) is 2.77. The molecule has 0 saturated carbocycles. The Bertz CT molecular complexity index is 320. The minimum absolute atomic E-state index is 0.638. The monoisotopic (exact) mass is 458 g/mol. The molecule has 5 heteroatoms. The Hall–Kier alpha value is -0.363. The number of unbranched alkanes of at least 4 members (excludes halogenated alkanes) is 15. The van der Waals surface area contributed by atoms with Gasteiger partial charge in [-0.25, -0.2) is 0 Å². The Morgan fingerprint density at radius 3 is 1.06 bits per heavy atom. The van der Waals surface area contributed by atoms with Crippen LogP contribution >= 0.6 is 0 Å². The molecule has 0 unspecified atom stereocenters. The molecule has 0 fully saturated rings. The fourth-order valence-corrected chi connectivity index (χ4v) is 5.41. The van der Waals surface area contributed by atoms with Crippen molar-refractivity contribution in [1.29, 1.82) is 0 Å². The van der Waals surface area contributed by atoms with Crippen LogP contribution in [0.15, 0.2) is 12.8 Å². The van der Waals surface area contributed by atoms with E-state index in [4.69, 9.17) is 17.7 Å². The Kier molecular flexibility index (Phi) is 24.0. The summed E-state index contributed by atoms with van der Waals surface area (Å²) in [6, 6.07) is 0. The summed E-state index contributed by atoms with van der Waals surface area (Å²) >= 11 is 0. The Labute approximate surface area is 196 Å². The van der Waals surface area contributed by atoms with Crippen LogP contribution in [0.3, 0.4) is 0 Å². The first kappa shape index (κ1) is 30.6. The third kappa shape index (κ3) is 20.0. The Morgan fingerprint density at radius 1 is 0.484 bits per heavy atom. The van der Waals surface area contributed by atoms with Crippen LogP contribution in [0.25, 0.3) is 0 Å². The summed E-state index contributed by atoms with van der Waals surface area (Å²) in [7, 11) is -3.14. The molecule has 0 spiro atoms. The van der Waals surface area contributed by atoms with Gasteiger partial charge < -0.3 is 17.7 Å². The highest BCUT2D eigenvalue weighted by molar-refractivity contribution is 6.53. The second kappa shape index (κ2) is 24.3. The van der Waals surface area contributed by atoms with Crippen LogP contribution in [-0.2, 0) is 17.7 Å². The fraction of sp³-hybridized carbons (Fsp3) is 0.923. The predicted molar refractivity (Wildman–Crippen MR) is 135 cm³/mol. The smallest absolute Gasteiger partial charge is 0.487 e. The highest BCUT2D eigenvalue weighted by Gasteiger charge is 2.47. The van der Waals surface area contributed by atoms with E-state index in [-0.39, 0.29) is 0 Å². The number of hydrogen-bond donors (Lipinski definition) is 0. The number of rotatable bonds is 26. The van der Waals surface area contributed by atoms with Gasteiger partial charge in [0.05, 0.1) is 6.26 Å². The molecule has 0 aromatic heterocycles. The van der Waals surface area contributed by atoms with Crippen molar-refractivity contribution in [2.45, 2.75) is 136 Å². The molecule has 31 heavy (non-hydrogen) atoms. The van der Waals surface area contributed by atoms with Gasteiger partial charge in [-0.1, -0.05) is 124 Å². The van der Waals surface area contributed by atoms with E-state index in [1.165, 1.54) is 103 Å². The van der Waals surface area contributed by atoms with Crippen molar-refractivity contribution in [2.24, 2.45) is 0 Å². The molecule has 186 valence electrons. The van der Waals surface area contributed by atoms with Crippen molar-refractivity contribution >= 4 is 9.05 Å². The highest BCUT2D eigenvalue weighted by Crippen LogP contribution is 2.17. The normalized spacial score (nSPS) is 11.7. The van der Waals surface area contributed by atoms with Crippen LogP contribution in [-0.4, -0.2) is 28.9 Å². The van der Waals surface area contributed by atoms with Gasteiger partial charge in [-0.05, 0) is 19.3 Å². The highest BCUT2D eigenvalue weighted by atomic mass is 28.4. The van der Waals surface area contributed by atoms with Crippen LogP contribution in [0, 0.1) is 0 Å². The zero-order chi connectivity index (χ0) is 22.9. The molecule has 0 aliphatic heterocycles. The van der Waals surface area contributed by atoms with Crippen LogP contribution in [0.5, 0.6) is 0 Å². The van der Waals surface area contributed by atoms with Crippen molar-refractivity contribution in [2.75, 3.05) is 19.8 Å². The molecule has 0 amide bonds. The van der Waals surface area contributed by atoms with Crippen molar-refractivity contribution in [3.8, 4) is 0 Å². The molecular formula is C26H54O4Si. The summed E-state index contributed by atoms with van der Waals surface area (Å²) in [6.07, 6.45) is 23.6. The van der Waals surface area contributed by atoms with Gasteiger partial charge in [0.2, 0.25) is 0 Å². The van der Waals surface area contributed by atoms with E-state index in [2.05, 4.69) is 27.4 Å². The van der Waals surface area contributed by atoms with E-state index in [9.17, 15) is 0 Å². The lowest BCUT2D eigenvalue weighted by atomic mass is 10.1. The number of hydrogen-bond acceptors (Lipinski definition) is 4. The summed E-state index contributed by atoms with van der Waals surface area (Å²) in [5, 5.41) is 0. The maximum atomic E-state index is 6.17. The minimum Gasteiger partial charge on any atom is -0.487 e.